The van der Waals surface area contributed by atoms with Gasteiger partial charge in [0.1, 0.15) is 17.3 Å². The fraction of sp³-hybridized carbons (Fsp3) is 0.250. The van der Waals surface area contributed by atoms with Crippen molar-refractivity contribution in [3.05, 3.63) is 57.3 Å². The van der Waals surface area contributed by atoms with E-state index in [1.54, 1.807) is 0 Å². The van der Waals surface area contributed by atoms with Crippen LogP contribution in [-0.4, -0.2) is 7.05 Å². The van der Waals surface area contributed by atoms with Crippen molar-refractivity contribution in [1.29, 1.82) is 0 Å². The third-order valence-corrected chi connectivity index (χ3v) is 4.15. The van der Waals surface area contributed by atoms with Crippen LogP contribution in [0.1, 0.15) is 24.9 Å². The lowest BCUT2D eigenvalue weighted by Crippen LogP contribution is -2.14. The van der Waals surface area contributed by atoms with E-state index in [9.17, 15) is 4.39 Å². The van der Waals surface area contributed by atoms with Crippen LogP contribution in [0, 0.1) is 5.82 Å². The van der Waals surface area contributed by atoms with E-state index in [0.29, 0.717) is 22.0 Å². The fourth-order valence-electron chi connectivity index (χ4n) is 2.08. The van der Waals surface area contributed by atoms with Crippen molar-refractivity contribution in [3.8, 4) is 11.5 Å². The minimum Gasteiger partial charge on any atom is -0.456 e. The average Bonchev–Trinajstić information content (AvgIpc) is 2.48. The number of ether oxygens (including phenoxy) is 1. The SMILES string of the molecule is CCC(NC)c1ccc(Oc2cc(F)c(Cl)cc2Br)cc1. The van der Waals surface area contributed by atoms with E-state index in [1.807, 2.05) is 31.3 Å². The van der Waals surface area contributed by atoms with Gasteiger partial charge in [0.2, 0.25) is 0 Å². The van der Waals surface area contributed by atoms with Crippen LogP contribution >= 0.6 is 27.5 Å². The third-order valence-electron chi connectivity index (χ3n) is 3.24. The highest BCUT2D eigenvalue weighted by Gasteiger charge is 2.10. The van der Waals surface area contributed by atoms with Gasteiger partial charge in [0, 0.05) is 12.1 Å². The Kier molecular flexibility index (Phi) is 5.62. The van der Waals surface area contributed by atoms with E-state index in [0.717, 1.165) is 6.42 Å². The summed E-state index contributed by atoms with van der Waals surface area (Å²) in [6, 6.07) is 10.8. The molecule has 0 heterocycles. The number of hydrogen-bond donors (Lipinski definition) is 1. The Labute approximate surface area is 137 Å². The van der Waals surface area contributed by atoms with Crippen molar-refractivity contribution < 1.29 is 9.13 Å². The highest BCUT2D eigenvalue weighted by Crippen LogP contribution is 2.34. The molecule has 2 aromatic carbocycles. The maximum absolute atomic E-state index is 13.5. The van der Waals surface area contributed by atoms with Gasteiger partial charge < -0.3 is 10.1 Å². The van der Waals surface area contributed by atoms with Crippen LogP contribution in [-0.2, 0) is 0 Å². The van der Waals surface area contributed by atoms with Gasteiger partial charge in [-0.25, -0.2) is 4.39 Å². The van der Waals surface area contributed by atoms with Crippen molar-refractivity contribution >= 4 is 27.5 Å². The van der Waals surface area contributed by atoms with E-state index in [1.165, 1.54) is 17.7 Å². The largest absolute Gasteiger partial charge is 0.456 e. The second-order valence-corrected chi connectivity index (χ2v) is 5.88. The van der Waals surface area contributed by atoms with Gasteiger partial charge in [-0.1, -0.05) is 30.7 Å². The lowest BCUT2D eigenvalue weighted by molar-refractivity contribution is 0.473. The van der Waals surface area contributed by atoms with Crippen LogP contribution in [0.3, 0.4) is 0 Å². The summed E-state index contributed by atoms with van der Waals surface area (Å²) >= 11 is 9.02. The summed E-state index contributed by atoms with van der Waals surface area (Å²) in [7, 11) is 1.94. The Morgan fingerprint density at radius 2 is 1.95 bits per heavy atom. The minimum absolute atomic E-state index is 0.0596. The summed E-state index contributed by atoms with van der Waals surface area (Å²) in [4.78, 5) is 0. The normalized spacial score (nSPS) is 12.2. The molecule has 2 rings (SSSR count). The quantitative estimate of drug-likeness (QED) is 0.679. The molecule has 0 fully saturated rings. The van der Waals surface area contributed by atoms with Gasteiger partial charge in [-0.2, -0.15) is 0 Å². The summed E-state index contributed by atoms with van der Waals surface area (Å²) in [6.07, 6.45) is 1.00. The zero-order chi connectivity index (χ0) is 15.4. The Morgan fingerprint density at radius 1 is 1.29 bits per heavy atom. The van der Waals surface area contributed by atoms with E-state index in [-0.39, 0.29) is 5.02 Å². The Hall–Kier alpha value is -1.10. The van der Waals surface area contributed by atoms with E-state index in [4.69, 9.17) is 16.3 Å². The molecule has 0 saturated heterocycles. The van der Waals surface area contributed by atoms with Crippen molar-refractivity contribution in [3.63, 3.8) is 0 Å². The van der Waals surface area contributed by atoms with Crippen LogP contribution in [0.25, 0.3) is 0 Å². The first kappa shape index (κ1) is 16.3. The summed E-state index contributed by atoms with van der Waals surface area (Å²) in [5.74, 6) is 0.533. The molecule has 0 saturated carbocycles. The maximum atomic E-state index is 13.5. The first-order valence-corrected chi connectivity index (χ1v) is 7.81. The van der Waals surface area contributed by atoms with Gasteiger partial charge in [0.25, 0.3) is 0 Å². The second-order valence-electron chi connectivity index (χ2n) is 4.62. The molecule has 0 radical (unpaired) electrons. The molecule has 1 unspecified atom stereocenters. The number of benzene rings is 2. The molecule has 0 bridgehead atoms. The molecule has 1 N–H and O–H groups in total. The molecule has 21 heavy (non-hydrogen) atoms. The van der Waals surface area contributed by atoms with Gasteiger partial charge >= 0.3 is 0 Å². The summed E-state index contributed by atoms with van der Waals surface area (Å²) in [6.45, 7) is 2.12. The van der Waals surface area contributed by atoms with Crippen LogP contribution in [0.2, 0.25) is 5.02 Å². The molecule has 1 atom stereocenters. The molecule has 0 spiro atoms. The molecule has 2 aromatic rings. The number of rotatable bonds is 5. The summed E-state index contributed by atoms with van der Waals surface area (Å²) in [5.41, 5.74) is 1.19. The molecular weight excluding hydrogens is 357 g/mol. The Bertz CT molecular complexity index is 614. The highest BCUT2D eigenvalue weighted by molar-refractivity contribution is 9.10. The first-order valence-electron chi connectivity index (χ1n) is 6.64. The van der Waals surface area contributed by atoms with Gasteiger partial charge in [-0.3, -0.25) is 0 Å². The van der Waals surface area contributed by atoms with Gasteiger partial charge in [0.05, 0.1) is 9.50 Å². The van der Waals surface area contributed by atoms with Crippen molar-refractivity contribution in [2.45, 2.75) is 19.4 Å². The zero-order valence-electron chi connectivity index (χ0n) is 11.8. The van der Waals surface area contributed by atoms with Crippen LogP contribution < -0.4 is 10.1 Å². The lowest BCUT2D eigenvalue weighted by atomic mass is 10.0. The standard InChI is InChI=1S/C16H16BrClFNO/c1-3-15(20-2)10-4-6-11(7-5-10)21-16-9-14(19)13(18)8-12(16)17/h4-9,15,20H,3H2,1-2H3. The maximum Gasteiger partial charge on any atom is 0.145 e. The molecule has 0 aliphatic rings. The highest BCUT2D eigenvalue weighted by atomic mass is 79.9. The molecule has 2 nitrogen and oxygen atoms in total. The topological polar surface area (TPSA) is 21.3 Å². The lowest BCUT2D eigenvalue weighted by Gasteiger charge is -2.15. The van der Waals surface area contributed by atoms with E-state index >= 15 is 0 Å². The van der Waals surface area contributed by atoms with Crippen molar-refractivity contribution in [1.82, 2.24) is 5.32 Å². The smallest absolute Gasteiger partial charge is 0.145 e. The van der Waals surface area contributed by atoms with E-state index < -0.39 is 5.82 Å². The number of halogens is 3. The monoisotopic (exact) mass is 371 g/mol. The second kappa shape index (κ2) is 7.25. The number of hydrogen-bond acceptors (Lipinski definition) is 2. The van der Waals surface area contributed by atoms with E-state index in [2.05, 4.69) is 28.2 Å². The molecular formula is C16H16BrClFNO. The first-order chi connectivity index (χ1) is 10.0. The van der Waals surface area contributed by atoms with Crippen molar-refractivity contribution in [2.24, 2.45) is 0 Å². The van der Waals surface area contributed by atoms with Crippen LogP contribution in [0.4, 0.5) is 4.39 Å². The van der Waals surface area contributed by atoms with Gasteiger partial charge in [-0.15, -0.1) is 0 Å². The molecule has 112 valence electrons. The minimum atomic E-state index is -0.507. The fourth-order valence-corrected chi connectivity index (χ4v) is 2.80. The van der Waals surface area contributed by atoms with Gasteiger partial charge in [-0.05, 0) is 53.2 Å². The van der Waals surface area contributed by atoms with Crippen LogP contribution in [0.5, 0.6) is 11.5 Å². The third kappa shape index (κ3) is 3.96. The summed E-state index contributed by atoms with van der Waals surface area (Å²) in [5, 5.41) is 3.31. The predicted molar refractivity (Wildman–Crippen MR) is 87.7 cm³/mol. The molecule has 5 heteroatoms. The molecule has 0 aromatic heterocycles. The predicted octanol–water partition coefficient (Wildman–Crippen LogP) is 5.70. The zero-order valence-corrected chi connectivity index (χ0v) is 14.1. The molecule has 0 aliphatic carbocycles. The molecule has 0 amide bonds. The number of nitrogens with one attached hydrogen (secondary N) is 1. The average molecular weight is 373 g/mol. The molecule has 0 aliphatic heterocycles. The Morgan fingerprint density at radius 3 is 2.52 bits per heavy atom. The van der Waals surface area contributed by atoms with Gasteiger partial charge in [0.15, 0.2) is 0 Å². The van der Waals surface area contributed by atoms with Crippen LogP contribution in [0.15, 0.2) is 40.9 Å². The van der Waals surface area contributed by atoms with Crippen molar-refractivity contribution in [2.75, 3.05) is 7.05 Å². The summed E-state index contributed by atoms with van der Waals surface area (Å²) < 4.78 is 19.8. The Balaban J connectivity index is 2.19.